The summed E-state index contributed by atoms with van der Waals surface area (Å²) in [5.74, 6) is 1.22. The van der Waals surface area contributed by atoms with Gasteiger partial charge in [0.25, 0.3) is 0 Å². The van der Waals surface area contributed by atoms with Crippen LogP contribution in [0.5, 0.6) is 5.75 Å². The van der Waals surface area contributed by atoms with E-state index < -0.39 is 5.41 Å². The summed E-state index contributed by atoms with van der Waals surface area (Å²) < 4.78 is 5.89. The van der Waals surface area contributed by atoms with Gasteiger partial charge in [-0.05, 0) is 48.2 Å². The van der Waals surface area contributed by atoms with Gasteiger partial charge in [0.15, 0.2) is 0 Å². The predicted molar refractivity (Wildman–Crippen MR) is 119 cm³/mol. The minimum atomic E-state index is -0.632. The molecule has 2 atom stereocenters. The van der Waals surface area contributed by atoms with Crippen molar-refractivity contribution in [2.75, 3.05) is 31.6 Å². The van der Waals surface area contributed by atoms with Crippen molar-refractivity contribution in [3.05, 3.63) is 96.1 Å². The van der Waals surface area contributed by atoms with Gasteiger partial charge < -0.3 is 10.1 Å². The second kappa shape index (κ2) is 7.96. The molecule has 3 aromatic rings. The third kappa shape index (κ3) is 3.17. The number of benzene rings is 3. The molecule has 2 aliphatic rings. The molecule has 1 amide bonds. The molecule has 2 heterocycles. The van der Waals surface area contributed by atoms with Crippen molar-refractivity contribution in [3.8, 4) is 5.75 Å². The van der Waals surface area contributed by atoms with Gasteiger partial charge in [-0.2, -0.15) is 0 Å². The zero-order valence-corrected chi connectivity index (χ0v) is 17.0. The van der Waals surface area contributed by atoms with Crippen LogP contribution in [0.1, 0.15) is 17.5 Å². The summed E-state index contributed by atoms with van der Waals surface area (Å²) in [6.45, 7) is 3.37. The van der Waals surface area contributed by atoms with Gasteiger partial charge in [0.1, 0.15) is 17.8 Å². The summed E-state index contributed by atoms with van der Waals surface area (Å²) in [4.78, 5) is 15.9. The van der Waals surface area contributed by atoms with Crippen LogP contribution in [0.3, 0.4) is 0 Å². The van der Waals surface area contributed by atoms with Crippen molar-refractivity contribution in [3.63, 3.8) is 0 Å². The number of hydrogen-bond acceptors (Lipinski definition) is 3. The second-order valence-corrected chi connectivity index (χ2v) is 8.12. The van der Waals surface area contributed by atoms with Gasteiger partial charge in [0.05, 0.1) is 0 Å². The van der Waals surface area contributed by atoms with Crippen LogP contribution in [0.2, 0.25) is 0 Å². The van der Waals surface area contributed by atoms with Crippen LogP contribution in [0, 0.1) is 5.92 Å². The number of hydrogen-bond donors (Lipinski definition) is 1. The topological polar surface area (TPSA) is 41.6 Å². The number of ether oxygens (including phenoxy) is 1. The van der Waals surface area contributed by atoms with E-state index >= 15 is 0 Å². The van der Waals surface area contributed by atoms with Gasteiger partial charge in [0, 0.05) is 18.8 Å². The molecule has 1 fully saturated rings. The smallest absolute Gasteiger partial charge is 0.239 e. The number of para-hydroxylation sites is 2. The van der Waals surface area contributed by atoms with Crippen LogP contribution >= 0.6 is 0 Å². The molecule has 3 aromatic carbocycles. The van der Waals surface area contributed by atoms with Gasteiger partial charge in [-0.3, -0.25) is 9.69 Å². The molecule has 2 aliphatic heterocycles. The Morgan fingerprint density at radius 1 is 0.933 bits per heavy atom. The third-order valence-electron chi connectivity index (χ3n) is 6.49. The van der Waals surface area contributed by atoms with Crippen LogP contribution in [0.4, 0.5) is 5.69 Å². The van der Waals surface area contributed by atoms with Crippen molar-refractivity contribution in [1.29, 1.82) is 0 Å². The van der Waals surface area contributed by atoms with E-state index in [2.05, 4.69) is 28.4 Å². The van der Waals surface area contributed by atoms with Crippen LogP contribution in [0.15, 0.2) is 84.9 Å². The number of nitrogens with zero attached hydrogens (tertiary/aromatic N) is 1. The largest absolute Gasteiger partial charge is 0.492 e. The molecule has 30 heavy (non-hydrogen) atoms. The molecule has 4 nitrogen and oxygen atoms in total. The van der Waals surface area contributed by atoms with Gasteiger partial charge in [-0.15, -0.1) is 0 Å². The number of carbonyl (C=O) groups is 1. The molecule has 152 valence electrons. The number of fused-ring (bicyclic) bond motifs is 1. The molecule has 0 spiro atoms. The molecule has 0 radical (unpaired) electrons. The van der Waals surface area contributed by atoms with Crippen LogP contribution in [-0.2, 0) is 10.2 Å². The number of nitrogens with one attached hydrogen (secondary N) is 1. The van der Waals surface area contributed by atoms with Gasteiger partial charge in [-0.25, -0.2) is 0 Å². The Kier molecular flexibility index (Phi) is 5.01. The van der Waals surface area contributed by atoms with E-state index in [0.29, 0.717) is 6.61 Å². The second-order valence-electron chi connectivity index (χ2n) is 8.12. The standard InChI is InChI=1S/C26H26N2O2/c29-25-26(20-9-3-1-4-10-20,23-13-7-8-14-24(23)27-25)21-15-16-28(19-21)17-18-30-22-11-5-2-6-12-22/h1-14,21H,15-19H2,(H,27,29)/t21-,26?/m1/s1. The third-order valence-corrected chi connectivity index (χ3v) is 6.49. The molecule has 0 bridgehead atoms. The Labute approximate surface area is 177 Å². The summed E-state index contributed by atoms with van der Waals surface area (Å²) in [5, 5.41) is 3.16. The average molecular weight is 399 g/mol. The lowest BCUT2D eigenvalue weighted by molar-refractivity contribution is -0.121. The molecule has 0 aliphatic carbocycles. The summed E-state index contributed by atoms with van der Waals surface area (Å²) in [5.41, 5.74) is 2.50. The number of anilines is 1. The quantitative estimate of drug-likeness (QED) is 0.672. The molecule has 1 unspecified atom stereocenters. The van der Waals surface area contributed by atoms with E-state index in [1.54, 1.807) is 0 Å². The normalized spacial score (nSPS) is 23.2. The Balaban J connectivity index is 1.38. The molecular weight excluding hydrogens is 372 g/mol. The summed E-state index contributed by atoms with van der Waals surface area (Å²) in [7, 11) is 0. The molecule has 4 heteroatoms. The van der Waals surface area contributed by atoms with Crippen LogP contribution in [0.25, 0.3) is 0 Å². The van der Waals surface area contributed by atoms with E-state index in [1.807, 2.05) is 66.7 Å². The summed E-state index contributed by atoms with van der Waals surface area (Å²) in [6.07, 6.45) is 0.988. The zero-order valence-electron chi connectivity index (χ0n) is 17.0. The van der Waals surface area contributed by atoms with E-state index in [1.165, 1.54) is 0 Å². The van der Waals surface area contributed by atoms with Crippen molar-refractivity contribution >= 4 is 11.6 Å². The van der Waals surface area contributed by atoms with Gasteiger partial charge in [-0.1, -0.05) is 66.7 Å². The maximum Gasteiger partial charge on any atom is 0.239 e. The lowest BCUT2D eigenvalue weighted by atomic mass is 9.66. The molecule has 0 saturated carbocycles. The highest BCUT2D eigenvalue weighted by atomic mass is 16.5. The van der Waals surface area contributed by atoms with Gasteiger partial charge in [0.2, 0.25) is 5.91 Å². The first-order chi connectivity index (χ1) is 14.8. The van der Waals surface area contributed by atoms with Crippen molar-refractivity contribution < 1.29 is 9.53 Å². The Morgan fingerprint density at radius 2 is 1.63 bits per heavy atom. The molecule has 0 aromatic heterocycles. The highest BCUT2D eigenvalue weighted by Crippen LogP contribution is 2.50. The highest BCUT2D eigenvalue weighted by Gasteiger charge is 2.54. The summed E-state index contributed by atoms with van der Waals surface area (Å²) in [6, 6.07) is 28.4. The summed E-state index contributed by atoms with van der Waals surface area (Å²) >= 11 is 0. The molecule has 1 N–H and O–H groups in total. The minimum Gasteiger partial charge on any atom is -0.492 e. The number of carbonyl (C=O) groups excluding carboxylic acids is 1. The number of amides is 1. The highest BCUT2D eigenvalue weighted by molar-refractivity contribution is 6.09. The number of rotatable bonds is 6. The zero-order chi connectivity index (χ0) is 20.4. The maximum absolute atomic E-state index is 13.5. The number of likely N-dealkylation sites (tertiary alicyclic amines) is 1. The average Bonchev–Trinajstić information content (AvgIpc) is 3.37. The monoisotopic (exact) mass is 398 g/mol. The Bertz CT molecular complexity index is 1020. The fourth-order valence-electron chi connectivity index (χ4n) is 5.11. The first-order valence-corrected chi connectivity index (χ1v) is 10.6. The molecular formula is C26H26N2O2. The van der Waals surface area contributed by atoms with Gasteiger partial charge >= 0.3 is 0 Å². The maximum atomic E-state index is 13.5. The van der Waals surface area contributed by atoms with E-state index in [0.717, 1.165) is 48.6 Å². The van der Waals surface area contributed by atoms with E-state index in [9.17, 15) is 4.79 Å². The molecule has 5 rings (SSSR count). The van der Waals surface area contributed by atoms with E-state index in [-0.39, 0.29) is 11.8 Å². The van der Waals surface area contributed by atoms with Crippen molar-refractivity contribution in [2.24, 2.45) is 5.92 Å². The predicted octanol–water partition coefficient (Wildman–Crippen LogP) is 4.33. The fourth-order valence-corrected chi connectivity index (χ4v) is 5.11. The Morgan fingerprint density at radius 3 is 2.43 bits per heavy atom. The lowest BCUT2D eigenvalue weighted by Gasteiger charge is -2.34. The SMILES string of the molecule is O=C1Nc2ccccc2C1(c1ccccc1)[C@@H]1CCN(CCOc2ccccc2)C1. The van der Waals surface area contributed by atoms with E-state index in [4.69, 9.17) is 4.74 Å². The first-order valence-electron chi connectivity index (χ1n) is 10.6. The minimum absolute atomic E-state index is 0.0993. The molecule has 1 saturated heterocycles. The van der Waals surface area contributed by atoms with Crippen LogP contribution in [-0.4, -0.2) is 37.0 Å². The van der Waals surface area contributed by atoms with Crippen molar-refractivity contribution in [1.82, 2.24) is 4.90 Å². The fraction of sp³-hybridized carbons (Fsp3) is 0.269. The first kappa shape index (κ1) is 18.9. The Hall–Kier alpha value is -3.11. The lowest BCUT2D eigenvalue weighted by Crippen LogP contribution is -2.44. The van der Waals surface area contributed by atoms with Crippen LogP contribution < -0.4 is 10.1 Å². The van der Waals surface area contributed by atoms with Crippen molar-refractivity contribution in [2.45, 2.75) is 11.8 Å².